The Balaban J connectivity index is 1.43. The molecule has 0 aliphatic heterocycles. The number of aromatic nitrogens is 3. The predicted octanol–water partition coefficient (Wildman–Crippen LogP) is 4.35. The number of amides is 2. The molecule has 32 heavy (non-hydrogen) atoms. The zero-order chi connectivity index (χ0) is 22.5. The Morgan fingerprint density at radius 2 is 1.69 bits per heavy atom. The fourth-order valence-corrected chi connectivity index (χ4v) is 3.25. The molecule has 160 valence electrons. The van der Waals surface area contributed by atoms with Crippen molar-refractivity contribution in [3.63, 3.8) is 0 Å². The minimum atomic E-state index is -0.441. The lowest BCUT2D eigenvalue weighted by Crippen LogP contribution is -2.26. The lowest BCUT2D eigenvalue weighted by Gasteiger charge is -2.15. The zero-order valence-electron chi connectivity index (χ0n) is 17.2. The lowest BCUT2D eigenvalue weighted by molar-refractivity contribution is 0.0940. The summed E-state index contributed by atoms with van der Waals surface area (Å²) in [4.78, 5) is 29.0. The van der Waals surface area contributed by atoms with Crippen LogP contribution in [0.2, 0.25) is 0 Å². The third-order valence-corrected chi connectivity index (χ3v) is 4.99. The first-order valence-electron chi connectivity index (χ1n) is 9.93. The second-order valence-electron chi connectivity index (χ2n) is 7.15. The molecular weight excluding hydrogens is 409 g/mol. The van der Waals surface area contributed by atoms with Gasteiger partial charge in [0.1, 0.15) is 5.82 Å². The van der Waals surface area contributed by atoms with Crippen molar-refractivity contribution in [2.75, 3.05) is 5.32 Å². The molecule has 0 saturated heterocycles. The van der Waals surface area contributed by atoms with E-state index in [1.54, 1.807) is 54.9 Å². The first-order chi connectivity index (χ1) is 15.5. The molecule has 0 fully saturated rings. The molecule has 4 rings (SSSR count). The number of carbonyl (C=O) groups excluding carboxylic acids is 2. The van der Waals surface area contributed by atoms with Crippen molar-refractivity contribution in [3.05, 3.63) is 102 Å². The molecule has 2 amide bonds. The van der Waals surface area contributed by atoms with E-state index in [0.717, 1.165) is 5.56 Å². The maximum Gasteiger partial charge on any atom is 0.255 e. The maximum atomic E-state index is 14.1. The monoisotopic (exact) mass is 429 g/mol. The van der Waals surface area contributed by atoms with Gasteiger partial charge in [0, 0.05) is 29.2 Å². The van der Waals surface area contributed by atoms with Crippen molar-refractivity contribution in [1.82, 2.24) is 20.5 Å². The number of H-pyrrole nitrogens is 1. The van der Waals surface area contributed by atoms with Crippen molar-refractivity contribution in [3.8, 4) is 11.3 Å². The van der Waals surface area contributed by atoms with Crippen molar-refractivity contribution in [2.45, 2.75) is 13.0 Å². The molecule has 0 bridgehead atoms. The van der Waals surface area contributed by atoms with Crippen molar-refractivity contribution in [1.29, 1.82) is 0 Å². The predicted molar refractivity (Wildman–Crippen MR) is 118 cm³/mol. The molecule has 1 unspecified atom stereocenters. The number of anilines is 1. The quantitative estimate of drug-likeness (QED) is 0.424. The van der Waals surface area contributed by atoms with Gasteiger partial charge in [0.2, 0.25) is 0 Å². The number of halogens is 1. The number of nitrogens with zero attached hydrogens (tertiary/aromatic N) is 2. The van der Waals surface area contributed by atoms with Gasteiger partial charge in [0.05, 0.1) is 23.5 Å². The highest BCUT2D eigenvalue weighted by atomic mass is 19.1. The standard InChI is InChI=1S/C24H20FN5O2/c1-15(16-6-8-18(9-7-16)29-23(31)17-10-12-26-13-11-17)28-24(32)20-14-27-30-22(20)19-4-2-3-5-21(19)25/h2-15H,1H3,(H,27,30)(H,28,32)(H,29,31). The van der Waals surface area contributed by atoms with Crippen molar-refractivity contribution in [2.24, 2.45) is 0 Å². The van der Waals surface area contributed by atoms with Crippen LogP contribution in [-0.4, -0.2) is 27.0 Å². The van der Waals surface area contributed by atoms with E-state index in [0.29, 0.717) is 16.9 Å². The smallest absolute Gasteiger partial charge is 0.255 e. The Morgan fingerprint density at radius 1 is 0.969 bits per heavy atom. The summed E-state index contributed by atoms with van der Waals surface area (Å²) < 4.78 is 14.1. The van der Waals surface area contributed by atoms with E-state index in [1.807, 2.05) is 19.1 Å². The SMILES string of the molecule is CC(NC(=O)c1cn[nH]c1-c1ccccc1F)c1ccc(NC(=O)c2ccncc2)cc1. The Morgan fingerprint density at radius 3 is 2.41 bits per heavy atom. The van der Waals surface area contributed by atoms with Gasteiger partial charge >= 0.3 is 0 Å². The van der Waals surface area contributed by atoms with Gasteiger partial charge in [0.25, 0.3) is 11.8 Å². The average molecular weight is 429 g/mol. The molecule has 4 aromatic rings. The van der Waals surface area contributed by atoms with Gasteiger partial charge in [0.15, 0.2) is 0 Å². The summed E-state index contributed by atoms with van der Waals surface area (Å²) >= 11 is 0. The fourth-order valence-electron chi connectivity index (χ4n) is 3.25. The van der Waals surface area contributed by atoms with E-state index in [2.05, 4.69) is 25.8 Å². The van der Waals surface area contributed by atoms with Crippen LogP contribution in [0.3, 0.4) is 0 Å². The van der Waals surface area contributed by atoms with Crippen molar-refractivity contribution >= 4 is 17.5 Å². The topological polar surface area (TPSA) is 99.8 Å². The Bertz CT molecular complexity index is 1240. The number of benzene rings is 2. The number of pyridine rings is 1. The zero-order valence-corrected chi connectivity index (χ0v) is 17.2. The number of carbonyl (C=O) groups is 2. The Labute approximate surface area is 183 Å². The average Bonchev–Trinajstić information content (AvgIpc) is 3.30. The van der Waals surface area contributed by atoms with Gasteiger partial charge in [-0.3, -0.25) is 19.7 Å². The number of aromatic amines is 1. The summed E-state index contributed by atoms with van der Waals surface area (Å²) in [6, 6.07) is 16.3. The molecular formula is C24H20FN5O2. The minimum Gasteiger partial charge on any atom is -0.345 e. The maximum absolute atomic E-state index is 14.1. The fraction of sp³-hybridized carbons (Fsp3) is 0.0833. The number of hydrogen-bond acceptors (Lipinski definition) is 4. The Hall–Kier alpha value is -4.33. The molecule has 0 radical (unpaired) electrons. The highest BCUT2D eigenvalue weighted by Gasteiger charge is 2.19. The van der Waals surface area contributed by atoms with Crippen LogP contribution in [-0.2, 0) is 0 Å². The largest absolute Gasteiger partial charge is 0.345 e. The first kappa shape index (κ1) is 20.9. The summed E-state index contributed by atoms with van der Waals surface area (Å²) in [5, 5.41) is 12.3. The molecule has 2 heterocycles. The van der Waals surface area contributed by atoms with Gasteiger partial charge in [-0.15, -0.1) is 0 Å². The molecule has 0 spiro atoms. The molecule has 2 aromatic heterocycles. The van der Waals surface area contributed by atoms with E-state index < -0.39 is 5.82 Å². The second-order valence-corrected chi connectivity index (χ2v) is 7.15. The van der Waals surface area contributed by atoms with Crippen LogP contribution in [0.4, 0.5) is 10.1 Å². The molecule has 8 heteroatoms. The normalized spacial score (nSPS) is 11.6. The van der Waals surface area contributed by atoms with Crippen LogP contribution >= 0.6 is 0 Å². The van der Waals surface area contributed by atoms with Gasteiger partial charge < -0.3 is 10.6 Å². The summed E-state index contributed by atoms with van der Waals surface area (Å²) in [6.45, 7) is 1.84. The third kappa shape index (κ3) is 4.54. The molecule has 0 saturated carbocycles. The van der Waals surface area contributed by atoms with Gasteiger partial charge in [-0.2, -0.15) is 5.10 Å². The van der Waals surface area contributed by atoms with Crippen LogP contribution in [0.1, 0.15) is 39.2 Å². The molecule has 2 aromatic carbocycles. The second kappa shape index (κ2) is 9.22. The van der Waals surface area contributed by atoms with Crippen molar-refractivity contribution < 1.29 is 14.0 Å². The summed E-state index contributed by atoms with van der Waals surface area (Å²) in [5.41, 5.74) is 2.83. The molecule has 1 atom stereocenters. The van der Waals surface area contributed by atoms with E-state index in [-0.39, 0.29) is 29.0 Å². The minimum absolute atomic E-state index is 0.234. The highest BCUT2D eigenvalue weighted by Crippen LogP contribution is 2.25. The van der Waals surface area contributed by atoms with E-state index in [1.165, 1.54) is 12.3 Å². The van der Waals surface area contributed by atoms with Crippen LogP contribution < -0.4 is 10.6 Å². The van der Waals surface area contributed by atoms with Crippen LogP contribution in [0, 0.1) is 5.82 Å². The van der Waals surface area contributed by atoms with Crippen LogP contribution in [0.15, 0.2) is 79.3 Å². The summed E-state index contributed by atoms with van der Waals surface area (Å²) in [6.07, 6.45) is 4.49. The first-order valence-corrected chi connectivity index (χ1v) is 9.93. The molecule has 0 aliphatic carbocycles. The third-order valence-electron chi connectivity index (χ3n) is 4.99. The lowest BCUT2D eigenvalue weighted by atomic mass is 10.1. The summed E-state index contributed by atoms with van der Waals surface area (Å²) in [5.74, 6) is -1.05. The number of rotatable bonds is 6. The highest BCUT2D eigenvalue weighted by molar-refractivity contribution is 6.04. The molecule has 3 N–H and O–H groups in total. The van der Waals surface area contributed by atoms with E-state index >= 15 is 0 Å². The molecule has 7 nitrogen and oxygen atoms in total. The van der Waals surface area contributed by atoms with Crippen LogP contribution in [0.5, 0.6) is 0 Å². The van der Waals surface area contributed by atoms with Gasteiger partial charge in [-0.25, -0.2) is 4.39 Å². The van der Waals surface area contributed by atoms with Crippen LogP contribution in [0.25, 0.3) is 11.3 Å². The summed E-state index contributed by atoms with van der Waals surface area (Å²) in [7, 11) is 0. The van der Waals surface area contributed by atoms with Gasteiger partial charge in [-0.1, -0.05) is 24.3 Å². The van der Waals surface area contributed by atoms with E-state index in [9.17, 15) is 14.0 Å². The van der Waals surface area contributed by atoms with E-state index in [4.69, 9.17) is 0 Å². The Kier molecular flexibility index (Phi) is 6.03. The molecule has 0 aliphatic rings. The number of hydrogen-bond donors (Lipinski definition) is 3. The number of nitrogens with one attached hydrogen (secondary N) is 3. The van der Waals surface area contributed by atoms with Gasteiger partial charge in [-0.05, 0) is 48.9 Å².